The number of nitrogens with one attached hydrogen (secondary N) is 1. The fourth-order valence-corrected chi connectivity index (χ4v) is 3.90. The molecule has 0 aromatic heterocycles. The maximum atomic E-state index is 12.3. The number of amides is 1. The van der Waals surface area contributed by atoms with Crippen molar-refractivity contribution in [3.05, 3.63) is 59.7 Å². The van der Waals surface area contributed by atoms with E-state index in [4.69, 9.17) is 15.2 Å². The molecule has 2 aromatic carbocycles. The second kappa shape index (κ2) is 11.8. The number of ether oxygens (including phenoxy) is 2. The molecule has 8 heteroatoms. The SMILES string of the molecule is COc1ccc(CCNC(N)=NCC2CC(=O)N(C)C2c2ccccc2)cc1OC.I. The fraction of sp³-hybridized carbons (Fsp3) is 0.391. The number of nitrogens with two attached hydrogens (primary N) is 1. The second-order valence-corrected chi connectivity index (χ2v) is 7.42. The molecule has 0 bridgehead atoms. The Morgan fingerprint density at radius 1 is 1.16 bits per heavy atom. The number of hydrogen-bond acceptors (Lipinski definition) is 4. The Bertz CT molecular complexity index is 892. The molecule has 1 amide bonds. The minimum atomic E-state index is 0. The molecule has 2 atom stereocenters. The van der Waals surface area contributed by atoms with Gasteiger partial charge >= 0.3 is 0 Å². The molecule has 168 valence electrons. The number of methoxy groups -OCH3 is 2. The zero-order valence-corrected chi connectivity index (χ0v) is 20.5. The molecular weight excluding hydrogens is 507 g/mol. The molecule has 1 aliphatic rings. The van der Waals surface area contributed by atoms with Gasteiger partial charge in [0, 0.05) is 32.5 Å². The van der Waals surface area contributed by atoms with Crippen molar-refractivity contribution < 1.29 is 14.3 Å². The molecule has 3 N–H and O–H groups in total. The average molecular weight is 538 g/mol. The van der Waals surface area contributed by atoms with Gasteiger partial charge < -0.3 is 25.4 Å². The van der Waals surface area contributed by atoms with Crippen LogP contribution in [0.1, 0.15) is 23.6 Å². The highest BCUT2D eigenvalue weighted by atomic mass is 127. The summed E-state index contributed by atoms with van der Waals surface area (Å²) in [6.45, 7) is 1.15. The quantitative estimate of drug-likeness (QED) is 0.307. The van der Waals surface area contributed by atoms with E-state index in [0.29, 0.717) is 37.0 Å². The van der Waals surface area contributed by atoms with Gasteiger partial charge in [-0.1, -0.05) is 36.4 Å². The fourth-order valence-electron chi connectivity index (χ4n) is 3.90. The minimum Gasteiger partial charge on any atom is -0.493 e. The second-order valence-electron chi connectivity index (χ2n) is 7.42. The number of carbonyl (C=O) groups excluding carboxylic acids is 1. The molecule has 2 unspecified atom stereocenters. The van der Waals surface area contributed by atoms with Crippen LogP contribution in [-0.4, -0.2) is 51.1 Å². The normalized spacial score (nSPS) is 18.5. The predicted molar refractivity (Wildman–Crippen MR) is 133 cm³/mol. The molecule has 2 aromatic rings. The first kappa shape index (κ1) is 24.8. The van der Waals surface area contributed by atoms with Gasteiger partial charge in [-0.25, -0.2) is 0 Å². The summed E-state index contributed by atoms with van der Waals surface area (Å²) in [5.74, 6) is 2.06. The van der Waals surface area contributed by atoms with Crippen LogP contribution in [0.15, 0.2) is 53.5 Å². The van der Waals surface area contributed by atoms with Crippen LogP contribution in [0.3, 0.4) is 0 Å². The summed E-state index contributed by atoms with van der Waals surface area (Å²) < 4.78 is 10.6. The van der Waals surface area contributed by atoms with Gasteiger partial charge in [-0.05, 0) is 29.7 Å². The zero-order chi connectivity index (χ0) is 21.5. The van der Waals surface area contributed by atoms with Crippen LogP contribution in [0.5, 0.6) is 11.5 Å². The molecule has 0 radical (unpaired) electrons. The van der Waals surface area contributed by atoms with Crippen LogP contribution >= 0.6 is 24.0 Å². The van der Waals surface area contributed by atoms with E-state index >= 15 is 0 Å². The van der Waals surface area contributed by atoms with Crippen molar-refractivity contribution >= 4 is 35.8 Å². The van der Waals surface area contributed by atoms with E-state index in [1.54, 1.807) is 14.2 Å². The predicted octanol–water partition coefficient (Wildman–Crippen LogP) is 2.99. The summed E-state index contributed by atoms with van der Waals surface area (Å²) in [4.78, 5) is 18.6. The lowest BCUT2D eigenvalue weighted by Crippen LogP contribution is -2.34. The molecule has 1 heterocycles. The maximum absolute atomic E-state index is 12.3. The van der Waals surface area contributed by atoms with Crippen LogP contribution < -0.4 is 20.5 Å². The van der Waals surface area contributed by atoms with Crippen LogP contribution in [-0.2, 0) is 11.2 Å². The van der Waals surface area contributed by atoms with E-state index in [1.165, 1.54) is 0 Å². The van der Waals surface area contributed by atoms with Crippen molar-refractivity contribution in [2.24, 2.45) is 16.6 Å². The molecule has 1 fully saturated rings. The number of benzene rings is 2. The summed E-state index contributed by atoms with van der Waals surface area (Å²) in [5, 5.41) is 3.16. The number of carbonyl (C=O) groups is 1. The molecule has 0 saturated carbocycles. The highest BCUT2D eigenvalue weighted by molar-refractivity contribution is 14.0. The van der Waals surface area contributed by atoms with E-state index in [1.807, 2.05) is 48.3 Å². The Morgan fingerprint density at radius 2 is 1.87 bits per heavy atom. The number of rotatable bonds is 8. The summed E-state index contributed by atoms with van der Waals surface area (Å²) in [6, 6.07) is 16.0. The lowest BCUT2D eigenvalue weighted by molar-refractivity contribution is -0.127. The largest absolute Gasteiger partial charge is 0.493 e. The number of halogens is 1. The standard InChI is InChI=1S/C23H30N4O3.HI/c1-27-21(28)14-18(22(27)17-7-5-4-6-8-17)15-26-23(24)25-12-11-16-9-10-19(29-2)20(13-16)30-3;/h4-10,13,18,22H,11-12,14-15H2,1-3H3,(H3,24,25,26);1H. The number of nitrogens with zero attached hydrogens (tertiary/aromatic N) is 2. The average Bonchev–Trinajstić information content (AvgIpc) is 3.06. The van der Waals surface area contributed by atoms with Crippen molar-refractivity contribution in [1.29, 1.82) is 0 Å². The Balaban J connectivity index is 0.00000341. The smallest absolute Gasteiger partial charge is 0.223 e. The number of hydrogen-bond donors (Lipinski definition) is 2. The summed E-state index contributed by atoms with van der Waals surface area (Å²) in [7, 11) is 5.10. The molecule has 31 heavy (non-hydrogen) atoms. The monoisotopic (exact) mass is 538 g/mol. The Hall–Kier alpha value is -2.49. The third-order valence-corrected chi connectivity index (χ3v) is 5.50. The Labute approximate surface area is 201 Å². The third-order valence-electron chi connectivity index (χ3n) is 5.50. The summed E-state index contributed by atoms with van der Waals surface area (Å²) >= 11 is 0. The van der Waals surface area contributed by atoms with Crippen LogP contribution in [0, 0.1) is 5.92 Å². The van der Waals surface area contributed by atoms with Gasteiger partial charge in [0.05, 0.1) is 20.3 Å². The van der Waals surface area contributed by atoms with Crippen molar-refractivity contribution in [2.45, 2.75) is 18.9 Å². The van der Waals surface area contributed by atoms with Gasteiger partial charge in [0.2, 0.25) is 5.91 Å². The number of aliphatic imine (C=N–C) groups is 1. The molecular formula is C23H31IN4O3. The lowest BCUT2D eigenvalue weighted by Gasteiger charge is -2.24. The summed E-state index contributed by atoms with van der Waals surface area (Å²) in [6.07, 6.45) is 1.26. The molecule has 3 rings (SSSR count). The molecule has 1 saturated heterocycles. The van der Waals surface area contributed by atoms with E-state index in [0.717, 1.165) is 17.5 Å². The number of guanidine groups is 1. The van der Waals surface area contributed by atoms with E-state index in [9.17, 15) is 4.79 Å². The molecule has 7 nitrogen and oxygen atoms in total. The van der Waals surface area contributed by atoms with Gasteiger partial charge in [-0.2, -0.15) is 0 Å². The van der Waals surface area contributed by atoms with Gasteiger partial charge in [0.15, 0.2) is 17.5 Å². The van der Waals surface area contributed by atoms with Gasteiger partial charge in [0.25, 0.3) is 0 Å². The molecule has 0 aliphatic carbocycles. The van der Waals surface area contributed by atoms with Gasteiger partial charge in [-0.3, -0.25) is 9.79 Å². The zero-order valence-electron chi connectivity index (χ0n) is 18.2. The molecule has 0 spiro atoms. The van der Waals surface area contributed by atoms with Gasteiger partial charge in [-0.15, -0.1) is 24.0 Å². The lowest BCUT2D eigenvalue weighted by atomic mass is 9.94. The summed E-state index contributed by atoms with van der Waals surface area (Å²) in [5.41, 5.74) is 8.31. The first-order chi connectivity index (χ1) is 14.5. The first-order valence-corrected chi connectivity index (χ1v) is 10.1. The van der Waals surface area contributed by atoms with E-state index < -0.39 is 0 Å². The maximum Gasteiger partial charge on any atom is 0.223 e. The van der Waals surface area contributed by atoms with Crippen molar-refractivity contribution in [3.8, 4) is 11.5 Å². The van der Waals surface area contributed by atoms with E-state index in [-0.39, 0.29) is 41.8 Å². The van der Waals surface area contributed by atoms with E-state index in [2.05, 4.69) is 22.4 Å². The first-order valence-electron chi connectivity index (χ1n) is 10.1. The number of likely N-dealkylation sites (tertiary alicyclic amines) is 1. The Morgan fingerprint density at radius 3 is 2.55 bits per heavy atom. The third kappa shape index (κ3) is 6.25. The topological polar surface area (TPSA) is 89.2 Å². The molecule has 1 aliphatic heterocycles. The van der Waals surface area contributed by atoms with Crippen LogP contribution in [0.4, 0.5) is 0 Å². The van der Waals surface area contributed by atoms with Crippen LogP contribution in [0.2, 0.25) is 0 Å². The highest BCUT2D eigenvalue weighted by Crippen LogP contribution is 2.36. The van der Waals surface area contributed by atoms with Crippen molar-refractivity contribution in [1.82, 2.24) is 10.2 Å². The van der Waals surface area contributed by atoms with Crippen LogP contribution in [0.25, 0.3) is 0 Å². The van der Waals surface area contributed by atoms with Gasteiger partial charge in [0.1, 0.15) is 0 Å². The Kier molecular flexibility index (Phi) is 9.42. The van der Waals surface area contributed by atoms with Crippen molar-refractivity contribution in [3.63, 3.8) is 0 Å². The van der Waals surface area contributed by atoms with Crippen molar-refractivity contribution in [2.75, 3.05) is 34.4 Å². The highest BCUT2D eigenvalue weighted by Gasteiger charge is 2.38. The minimum absolute atomic E-state index is 0.